The van der Waals surface area contributed by atoms with Gasteiger partial charge in [0, 0.05) is 17.3 Å². The fourth-order valence-corrected chi connectivity index (χ4v) is 3.57. The maximum absolute atomic E-state index is 13.2. The number of nitrogens with one attached hydrogen (secondary N) is 1. The van der Waals surface area contributed by atoms with Gasteiger partial charge in [0.05, 0.1) is 5.69 Å². The van der Waals surface area contributed by atoms with Gasteiger partial charge in [-0.15, -0.1) is 0 Å². The van der Waals surface area contributed by atoms with Gasteiger partial charge in [-0.1, -0.05) is 13.8 Å². The van der Waals surface area contributed by atoms with Crippen molar-refractivity contribution in [2.45, 2.75) is 58.9 Å². The Morgan fingerprint density at radius 1 is 1.17 bits per heavy atom. The Morgan fingerprint density at radius 3 is 2.59 bits per heavy atom. The Bertz CT molecular complexity index is 874. The smallest absolute Gasteiger partial charge is 0.359 e. The SMILES string of the molecule is CC(C)CC[C@H](C)NC(=O)COC(=O)c1nn(-c2ccc(F)cc2)c2c1CCC2. The number of nitrogens with zero attached hydrogens (tertiary/aromatic N) is 2. The maximum atomic E-state index is 13.2. The molecule has 1 atom stereocenters. The molecule has 0 saturated heterocycles. The number of esters is 1. The molecule has 1 aliphatic carbocycles. The molecule has 0 aliphatic heterocycles. The van der Waals surface area contributed by atoms with Gasteiger partial charge < -0.3 is 10.1 Å². The number of hydrogen-bond acceptors (Lipinski definition) is 4. The summed E-state index contributed by atoms with van der Waals surface area (Å²) in [6, 6.07) is 6.01. The molecule has 0 radical (unpaired) electrons. The lowest BCUT2D eigenvalue weighted by atomic mass is 10.0. The number of carbonyl (C=O) groups excluding carboxylic acids is 2. The highest BCUT2D eigenvalue weighted by molar-refractivity contribution is 5.91. The molecule has 1 N–H and O–H groups in total. The second-order valence-corrected chi connectivity index (χ2v) is 8.03. The minimum atomic E-state index is -0.603. The van der Waals surface area contributed by atoms with E-state index in [2.05, 4.69) is 24.3 Å². The van der Waals surface area contributed by atoms with E-state index in [-0.39, 0.29) is 30.1 Å². The van der Waals surface area contributed by atoms with Gasteiger partial charge in [0.1, 0.15) is 5.82 Å². The van der Waals surface area contributed by atoms with Crippen LogP contribution in [0.15, 0.2) is 24.3 Å². The van der Waals surface area contributed by atoms with Crippen molar-refractivity contribution in [2.75, 3.05) is 6.61 Å². The average Bonchev–Trinajstić information content (AvgIpc) is 3.28. The van der Waals surface area contributed by atoms with Crippen LogP contribution >= 0.6 is 0 Å². The zero-order valence-corrected chi connectivity index (χ0v) is 17.2. The van der Waals surface area contributed by atoms with Gasteiger partial charge >= 0.3 is 5.97 Å². The summed E-state index contributed by atoms with van der Waals surface area (Å²) < 4.78 is 20.1. The molecule has 156 valence electrons. The molecular weight excluding hydrogens is 373 g/mol. The lowest BCUT2D eigenvalue weighted by molar-refractivity contribution is -0.124. The van der Waals surface area contributed by atoms with Crippen LogP contribution in [0.5, 0.6) is 0 Å². The van der Waals surface area contributed by atoms with Crippen LogP contribution in [0.4, 0.5) is 4.39 Å². The van der Waals surface area contributed by atoms with E-state index in [1.807, 2.05) is 6.92 Å². The zero-order chi connectivity index (χ0) is 21.0. The summed E-state index contributed by atoms with van der Waals surface area (Å²) in [5, 5.41) is 7.26. The predicted molar refractivity (Wildman–Crippen MR) is 108 cm³/mol. The van der Waals surface area contributed by atoms with Gasteiger partial charge in [-0.3, -0.25) is 4.79 Å². The molecule has 0 bridgehead atoms. The Kier molecular flexibility index (Phi) is 6.67. The molecule has 7 heteroatoms. The number of ether oxygens (including phenoxy) is 1. The first kappa shape index (κ1) is 21.0. The van der Waals surface area contributed by atoms with Gasteiger partial charge in [0.2, 0.25) is 0 Å². The van der Waals surface area contributed by atoms with Gasteiger partial charge in [0.15, 0.2) is 12.3 Å². The maximum Gasteiger partial charge on any atom is 0.359 e. The Labute approximate surface area is 170 Å². The van der Waals surface area contributed by atoms with Crippen LogP contribution in [0.3, 0.4) is 0 Å². The molecule has 1 amide bonds. The predicted octanol–water partition coefficient (Wildman–Crippen LogP) is 3.60. The zero-order valence-electron chi connectivity index (χ0n) is 17.2. The van der Waals surface area contributed by atoms with Gasteiger partial charge in [-0.05, 0) is 69.2 Å². The number of hydrogen-bond donors (Lipinski definition) is 1. The van der Waals surface area contributed by atoms with Crippen molar-refractivity contribution in [2.24, 2.45) is 5.92 Å². The first-order valence-corrected chi connectivity index (χ1v) is 10.2. The number of benzene rings is 1. The second-order valence-electron chi connectivity index (χ2n) is 8.03. The van der Waals surface area contributed by atoms with Crippen LogP contribution in [-0.2, 0) is 22.4 Å². The average molecular weight is 401 g/mol. The van der Waals surface area contributed by atoms with E-state index in [1.54, 1.807) is 16.8 Å². The number of halogens is 1. The van der Waals surface area contributed by atoms with Gasteiger partial charge in [-0.2, -0.15) is 5.10 Å². The third kappa shape index (κ3) is 5.22. The molecule has 29 heavy (non-hydrogen) atoms. The number of amides is 1. The third-order valence-corrected chi connectivity index (χ3v) is 5.11. The van der Waals surface area contributed by atoms with Crippen molar-refractivity contribution >= 4 is 11.9 Å². The van der Waals surface area contributed by atoms with Crippen LogP contribution in [0.2, 0.25) is 0 Å². The molecule has 0 unspecified atom stereocenters. The topological polar surface area (TPSA) is 73.2 Å². The number of fused-ring (bicyclic) bond motifs is 1. The van der Waals surface area contributed by atoms with Crippen molar-refractivity contribution in [1.82, 2.24) is 15.1 Å². The van der Waals surface area contributed by atoms with E-state index in [1.165, 1.54) is 12.1 Å². The molecule has 1 aromatic heterocycles. The highest BCUT2D eigenvalue weighted by Gasteiger charge is 2.28. The minimum absolute atomic E-state index is 0.0329. The van der Waals surface area contributed by atoms with Crippen molar-refractivity contribution in [3.63, 3.8) is 0 Å². The standard InChI is InChI=1S/C22H28FN3O3/c1-14(2)7-8-15(3)24-20(27)13-29-22(28)21-18-5-4-6-19(18)26(25-21)17-11-9-16(23)10-12-17/h9-12,14-15H,4-8,13H2,1-3H3,(H,24,27)/t15-/m0/s1. The van der Waals surface area contributed by atoms with E-state index in [4.69, 9.17) is 4.74 Å². The second kappa shape index (κ2) is 9.20. The molecule has 2 aromatic rings. The number of rotatable bonds is 8. The summed E-state index contributed by atoms with van der Waals surface area (Å²) in [7, 11) is 0. The largest absolute Gasteiger partial charge is 0.451 e. The third-order valence-electron chi connectivity index (χ3n) is 5.11. The summed E-state index contributed by atoms with van der Waals surface area (Å²) in [6.07, 6.45) is 4.35. The van der Waals surface area contributed by atoms with Crippen molar-refractivity contribution < 1.29 is 18.7 Å². The van der Waals surface area contributed by atoms with Crippen LogP contribution in [0, 0.1) is 11.7 Å². The van der Waals surface area contributed by atoms with Gasteiger partial charge in [-0.25, -0.2) is 13.9 Å². The molecule has 3 rings (SSSR count). The minimum Gasteiger partial charge on any atom is -0.451 e. The molecule has 1 heterocycles. The van der Waals surface area contributed by atoms with E-state index in [9.17, 15) is 14.0 Å². The summed E-state index contributed by atoms with van der Waals surface area (Å²) in [4.78, 5) is 24.6. The molecular formula is C22H28FN3O3. The van der Waals surface area contributed by atoms with Crippen molar-refractivity contribution in [1.29, 1.82) is 0 Å². The summed E-state index contributed by atoms with van der Waals surface area (Å²) in [5.41, 5.74) is 2.73. The monoisotopic (exact) mass is 401 g/mol. The van der Waals surface area contributed by atoms with E-state index >= 15 is 0 Å². The Morgan fingerprint density at radius 2 is 1.90 bits per heavy atom. The molecule has 0 saturated carbocycles. The lowest BCUT2D eigenvalue weighted by Crippen LogP contribution is -2.36. The fourth-order valence-electron chi connectivity index (χ4n) is 3.57. The van der Waals surface area contributed by atoms with E-state index in [0.29, 0.717) is 11.6 Å². The highest BCUT2D eigenvalue weighted by Crippen LogP contribution is 2.28. The first-order chi connectivity index (χ1) is 13.8. The molecule has 0 fully saturated rings. The molecule has 1 aromatic carbocycles. The fraction of sp³-hybridized carbons (Fsp3) is 0.500. The summed E-state index contributed by atoms with van der Waals surface area (Å²) in [6.45, 7) is 5.89. The molecule has 1 aliphatic rings. The van der Waals surface area contributed by atoms with Crippen molar-refractivity contribution in [3.05, 3.63) is 47.0 Å². The van der Waals surface area contributed by atoms with Gasteiger partial charge in [0.25, 0.3) is 5.91 Å². The number of aromatic nitrogens is 2. The van der Waals surface area contributed by atoms with Crippen molar-refractivity contribution in [3.8, 4) is 5.69 Å². The first-order valence-electron chi connectivity index (χ1n) is 10.2. The van der Waals surface area contributed by atoms with E-state index < -0.39 is 5.97 Å². The van der Waals surface area contributed by atoms with Crippen LogP contribution in [0.1, 0.15) is 61.8 Å². The summed E-state index contributed by atoms with van der Waals surface area (Å²) in [5.74, 6) is -0.672. The molecule has 0 spiro atoms. The lowest BCUT2D eigenvalue weighted by Gasteiger charge is -2.15. The summed E-state index contributed by atoms with van der Waals surface area (Å²) >= 11 is 0. The Balaban J connectivity index is 1.63. The van der Waals surface area contributed by atoms with Crippen LogP contribution in [-0.4, -0.2) is 34.3 Å². The van der Waals surface area contributed by atoms with Crippen LogP contribution < -0.4 is 5.32 Å². The Hall–Kier alpha value is -2.70. The van der Waals surface area contributed by atoms with Crippen LogP contribution in [0.25, 0.3) is 5.69 Å². The normalized spacial score (nSPS) is 14.0. The highest BCUT2D eigenvalue weighted by atomic mass is 19.1. The van der Waals surface area contributed by atoms with E-state index in [0.717, 1.165) is 43.4 Å². The quantitative estimate of drug-likeness (QED) is 0.686. The number of carbonyl (C=O) groups is 2. The molecule has 6 nitrogen and oxygen atoms in total.